The molecular weight excluding hydrogens is 172 g/mol. The van der Waals surface area contributed by atoms with Crippen LogP contribution in [0.25, 0.3) is 0 Å². The topological polar surface area (TPSA) is 96.4 Å². The molecule has 4 N–H and O–H groups in total. The third kappa shape index (κ3) is 1.75. The molecule has 0 aliphatic heterocycles. The molecule has 0 saturated heterocycles. The van der Waals surface area contributed by atoms with E-state index in [9.17, 15) is 4.79 Å². The summed E-state index contributed by atoms with van der Waals surface area (Å²) in [5.74, 6) is -1.18. The number of carboxylic acid groups (broad SMARTS) is 1. The summed E-state index contributed by atoms with van der Waals surface area (Å²) in [5.41, 5.74) is 4.17. The Kier molecular flexibility index (Phi) is 2.20. The number of hydrogen-bond donors (Lipinski definition) is 3. The maximum absolute atomic E-state index is 10.7. The molecule has 70 valence electrons. The first-order valence-corrected chi connectivity index (χ1v) is 3.62. The number of nitrogens with zero attached hydrogens (tertiary/aromatic N) is 1. The van der Waals surface area contributed by atoms with Crippen LogP contribution in [-0.2, 0) is 10.3 Å². The van der Waals surface area contributed by atoms with Gasteiger partial charge in [-0.3, -0.25) is 4.98 Å². The predicted octanol–water partition coefficient (Wildman–Crippen LogP) is 0.0457. The van der Waals surface area contributed by atoms with Gasteiger partial charge in [0.2, 0.25) is 0 Å². The number of carbonyl (C=O) groups is 1. The molecule has 0 amide bonds. The number of carboxylic acids is 1. The van der Waals surface area contributed by atoms with E-state index < -0.39 is 11.5 Å². The lowest BCUT2D eigenvalue weighted by Gasteiger charge is -2.17. The minimum Gasteiger partial charge on any atom is -0.506 e. The first kappa shape index (κ1) is 9.47. The van der Waals surface area contributed by atoms with Crippen LogP contribution in [0, 0.1) is 0 Å². The summed E-state index contributed by atoms with van der Waals surface area (Å²) in [6.07, 6.45) is 1.16. The largest absolute Gasteiger partial charge is 0.506 e. The Morgan fingerprint density at radius 1 is 1.62 bits per heavy atom. The van der Waals surface area contributed by atoms with Crippen LogP contribution in [0.5, 0.6) is 5.75 Å². The van der Waals surface area contributed by atoms with Gasteiger partial charge in [0.1, 0.15) is 5.75 Å². The van der Waals surface area contributed by atoms with Crippen LogP contribution in [0.3, 0.4) is 0 Å². The van der Waals surface area contributed by atoms with E-state index in [4.69, 9.17) is 15.9 Å². The number of aromatic nitrogens is 1. The average Bonchev–Trinajstić information content (AvgIpc) is 2.04. The van der Waals surface area contributed by atoms with Gasteiger partial charge in [-0.1, -0.05) is 0 Å². The van der Waals surface area contributed by atoms with Crippen molar-refractivity contribution in [2.24, 2.45) is 5.73 Å². The van der Waals surface area contributed by atoms with Gasteiger partial charge in [0.25, 0.3) is 0 Å². The zero-order valence-electron chi connectivity index (χ0n) is 7.06. The molecule has 13 heavy (non-hydrogen) atoms. The number of rotatable bonds is 2. The summed E-state index contributed by atoms with van der Waals surface area (Å²) >= 11 is 0. The van der Waals surface area contributed by atoms with Crippen molar-refractivity contribution in [2.75, 3.05) is 0 Å². The maximum atomic E-state index is 10.7. The summed E-state index contributed by atoms with van der Waals surface area (Å²) in [5, 5.41) is 17.6. The molecule has 0 radical (unpaired) electrons. The molecule has 1 heterocycles. The Morgan fingerprint density at radius 2 is 2.23 bits per heavy atom. The molecule has 5 heteroatoms. The number of aliphatic carboxylic acids is 1. The lowest BCUT2D eigenvalue weighted by Crippen LogP contribution is -2.42. The van der Waals surface area contributed by atoms with Crippen molar-refractivity contribution in [3.8, 4) is 5.75 Å². The van der Waals surface area contributed by atoms with Gasteiger partial charge >= 0.3 is 5.97 Å². The minimum absolute atomic E-state index is 0.0232. The van der Waals surface area contributed by atoms with Crippen LogP contribution in [0.1, 0.15) is 12.6 Å². The van der Waals surface area contributed by atoms with Crippen LogP contribution in [0.2, 0.25) is 0 Å². The van der Waals surface area contributed by atoms with Crippen molar-refractivity contribution in [1.29, 1.82) is 0 Å². The highest BCUT2D eigenvalue weighted by molar-refractivity contribution is 5.79. The Labute approximate surface area is 74.8 Å². The van der Waals surface area contributed by atoms with E-state index in [0.29, 0.717) is 0 Å². The highest BCUT2D eigenvalue weighted by atomic mass is 16.4. The number of pyridine rings is 1. The molecule has 0 saturated carbocycles. The fourth-order valence-corrected chi connectivity index (χ4v) is 0.803. The molecule has 1 atom stereocenters. The standard InChI is InChI=1S/C8H10N2O3/c1-8(9,7(12)13)6-3-2-5(11)4-10-6/h2-4,11H,9H2,1H3,(H,12,13). The number of aromatic hydroxyl groups is 1. The maximum Gasteiger partial charge on any atom is 0.329 e. The highest BCUT2D eigenvalue weighted by Crippen LogP contribution is 2.17. The fourth-order valence-electron chi connectivity index (χ4n) is 0.803. The van der Waals surface area contributed by atoms with Gasteiger partial charge in [0, 0.05) is 0 Å². The summed E-state index contributed by atoms with van der Waals surface area (Å²) in [7, 11) is 0. The van der Waals surface area contributed by atoms with Gasteiger partial charge < -0.3 is 15.9 Å². The van der Waals surface area contributed by atoms with Gasteiger partial charge in [0.15, 0.2) is 5.54 Å². The second-order valence-electron chi connectivity index (χ2n) is 2.91. The second-order valence-corrected chi connectivity index (χ2v) is 2.91. The molecule has 0 aliphatic carbocycles. The van der Waals surface area contributed by atoms with E-state index in [2.05, 4.69) is 4.98 Å². The normalized spacial score (nSPS) is 14.9. The average molecular weight is 182 g/mol. The van der Waals surface area contributed by atoms with Crippen molar-refractivity contribution in [3.05, 3.63) is 24.0 Å². The molecule has 0 aromatic carbocycles. The van der Waals surface area contributed by atoms with Crippen LogP contribution < -0.4 is 5.73 Å². The molecule has 0 aliphatic rings. The van der Waals surface area contributed by atoms with E-state index in [-0.39, 0.29) is 11.4 Å². The lowest BCUT2D eigenvalue weighted by molar-refractivity contribution is -0.143. The molecule has 0 fully saturated rings. The van der Waals surface area contributed by atoms with Crippen molar-refractivity contribution < 1.29 is 15.0 Å². The Balaban J connectivity index is 3.08. The monoisotopic (exact) mass is 182 g/mol. The Bertz CT molecular complexity index is 319. The van der Waals surface area contributed by atoms with Gasteiger partial charge in [-0.2, -0.15) is 0 Å². The fraction of sp³-hybridized carbons (Fsp3) is 0.250. The second kappa shape index (κ2) is 3.02. The molecule has 0 spiro atoms. The molecule has 0 bridgehead atoms. The third-order valence-corrected chi connectivity index (χ3v) is 1.72. The first-order chi connectivity index (χ1) is 5.94. The number of nitrogens with two attached hydrogens (primary N) is 1. The van der Waals surface area contributed by atoms with Crippen molar-refractivity contribution in [3.63, 3.8) is 0 Å². The quantitative estimate of drug-likeness (QED) is 0.600. The molecule has 1 aromatic rings. The summed E-state index contributed by atoms with van der Waals surface area (Å²) in [4.78, 5) is 14.4. The minimum atomic E-state index is -1.52. The highest BCUT2D eigenvalue weighted by Gasteiger charge is 2.31. The van der Waals surface area contributed by atoms with Crippen LogP contribution in [0.4, 0.5) is 0 Å². The van der Waals surface area contributed by atoms with E-state index in [1.807, 2.05) is 0 Å². The van der Waals surface area contributed by atoms with Crippen LogP contribution >= 0.6 is 0 Å². The molecule has 1 rings (SSSR count). The predicted molar refractivity (Wildman–Crippen MR) is 45.1 cm³/mol. The SMILES string of the molecule is CC(N)(C(=O)O)c1ccc(O)cn1. The zero-order chi connectivity index (χ0) is 10.1. The van der Waals surface area contributed by atoms with Gasteiger partial charge in [-0.25, -0.2) is 4.79 Å². The molecule has 1 unspecified atom stereocenters. The van der Waals surface area contributed by atoms with Crippen LogP contribution in [0.15, 0.2) is 18.3 Å². The van der Waals surface area contributed by atoms with Gasteiger partial charge in [-0.05, 0) is 19.1 Å². The number of hydrogen-bond acceptors (Lipinski definition) is 4. The summed E-state index contributed by atoms with van der Waals surface area (Å²) < 4.78 is 0. The van der Waals surface area contributed by atoms with E-state index in [1.54, 1.807) is 0 Å². The summed E-state index contributed by atoms with van der Waals surface area (Å²) in [6, 6.07) is 2.72. The summed E-state index contributed by atoms with van der Waals surface area (Å²) in [6.45, 7) is 1.34. The van der Waals surface area contributed by atoms with Crippen molar-refractivity contribution in [1.82, 2.24) is 4.98 Å². The van der Waals surface area contributed by atoms with Gasteiger partial charge in [0.05, 0.1) is 11.9 Å². The van der Waals surface area contributed by atoms with Crippen LogP contribution in [-0.4, -0.2) is 21.2 Å². The third-order valence-electron chi connectivity index (χ3n) is 1.72. The Morgan fingerprint density at radius 3 is 2.62 bits per heavy atom. The Hall–Kier alpha value is -1.62. The first-order valence-electron chi connectivity index (χ1n) is 3.62. The zero-order valence-corrected chi connectivity index (χ0v) is 7.06. The smallest absolute Gasteiger partial charge is 0.329 e. The van der Waals surface area contributed by atoms with E-state index in [0.717, 1.165) is 6.20 Å². The van der Waals surface area contributed by atoms with Crippen molar-refractivity contribution >= 4 is 5.97 Å². The van der Waals surface area contributed by atoms with E-state index in [1.165, 1.54) is 19.1 Å². The molecule has 5 nitrogen and oxygen atoms in total. The van der Waals surface area contributed by atoms with E-state index >= 15 is 0 Å². The van der Waals surface area contributed by atoms with Crippen molar-refractivity contribution in [2.45, 2.75) is 12.5 Å². The molecule has 1 aromatic heterocycles. The molecular formula is C8H10N2O3. The lowest BCUT2D eigenvalue weighted by atomic mass is 9.99. The van der Waals surface area contributed by atoms with Gasteiger partial charge in [-0.15, -0.1) is 0 Å².